The van der Waals surface area contributed by atoms with E-state index in [0.29, 0.717) is 5.92 Å². The van der Waals surface area contributed by atoms with Crippen molar-refractivity contribution in [3.8, 4) is 0 Å². The van der Waals surface area contributed by atoms with Gasteiger partial charge < -0.3 is 10.0 Å². The third kappa shape index (κ3) is 0.534. The van der Waals surface area contributed by atoms with Gasteiger partial charge in [-0.1, -0.05) is 6.92 Å². The lowest BCUT2D eigenvalue weighted by atomic mass is 9.33. The minimum absolute atomic E-state index is 0.221. The summed E-state index contributed by atoms with van der Waals surface area (Å²) in [5, 5.41) is 8.98. The molecule has 0 radical (unpaired) electrons. The molecule has 3 saturated carbocycles. The van der Waals surface area contributed by atoms with Crippen molar-refractivity contribution in [1.29, 1.82) is 0 Å². The van der Waals surface area contributed by atoms with E-state index in [4.69, 9.17) is 5.11 Å². The second-order valence-electron chi connectivity index (χ2n) is 4.53. The number of carboxylic acid groups (broad SMARTS) is 1. The molecule has 3 aliphatic rings. The molecule has 0 aliphatic heterocycles. The van der Waals surface area contributed by atoms with Crippen LogP contribution in [0.4, 0.5) is 0 Å². The molecule has 0 aromatic heterocycles. The van der Waals surface area contributed by atoms with Crippen molar-refractivity contribution in [3.05, 3.63) is 0 Å². The Hall–Kier alpha value is -0.570. The van der Waals surface area contributed by atoms with Gasteiger partial charge in [0, 0.05) is 5.54 Å². The molecule has 0 saturated heterocycles. The third-order valence-corrected chi connectivity index (χ3v) is 4.19. The molecule has 3 aliphatic carbocycles. The Morgan fingerprint density at radius 1 is 1.50 bits per heavy atom. The minimum Gasteiger partial charge on any atom is -0.481 e. The van der Waals surface area contributed by atoms with Gasteiger partial charge >= 0.3 is 5.97 Å². The van der Waals surface area contributed by atoms with Gasteiger partial charge in [-0.3, -0.25) is 4.79 Å². The van der Waals surface area contributed by atoms with Crippen LogP contribution in [-0.4, -0.2) is 35.6 Å². The minimum atomic E-state index is -0.598. The smallest absolute Gasteiger partial charge is 0.310 e. The van der Waals surface area contributed by atoms with Crippen LogP contribution >= 0.6 is 0 Å². The summed E-state index contributed by atoms with van der Waals surface area (Å²) in [6, 6.07) is 0. The van der Waals surface area contributed by atoms with Crippen molar-refractivity contribution in [3.63, 3.8) is 0 Å². The van der Waals surface area contributed by atoms with Gasteiger partial charge in [-0.25, -0.2) is 0 Å². The Morgan fingerprint density at radius 2 is 2.00 bits per heavy atom. The molecular formula is C9H15NO2. The van der Waals surface area contributed by atoms with Gasteiger partial charge in [-0.15, -0.1) is 0 Å². The van der Waals surface area contributed by atoms with E-state index in [2.05, 4.69) is 11.8 Å². The lowest BCUT2D eigenvalue weighted by Gasteiger charge is -2.75. The standard InChI is InChI=1S/C9H15NO2/c1-6-8(7(11)12)4-9(6,5-8)10(2)3/h6H,4-5H2,1-3H3,(H,11,12). The molecule has 1 unspecified atom stereocenters. The normalized spacial score (nSPS) is 49.8. The predicted molar refractivity (Wildman–Crippen MR) is 44.9 cm³/mol. The van der Waals surface area contributed by atoms with Gasteiger partial charge in [-0.05, 0) is 32.9 Å². The first kappa shape index (κ1) is 8.05. The van der Waals surface area contributed by atoms with Crippen LogP contribution in [0.2, 0.25) is 0 Å². The maximum absolute atomic E-state index is 10.9. The summed E-state index contributed by atoms with van der Waals surface area (Å²) in [5.74, 6) is -0.267. The fourth-order valence-electron chi connectivity index (χ4n) is 2.95. The summed E-state index contributed by atoms with van der Waals surface area (Å²) in [6.07, 6.45) is 1.70. The first-order valence-corrected chi connectivity index (χ1v) is 4.36. The van der Waals surface area contributed by atoms with Crippen LogP contribution in [0.25, 0.3) is 0 Å². The quantitative estimate of drug-likeness (QED) is 0.664. The van der Waals surface area contributed by atoms with Crippen LogP contribution < -0.4 is 0 Å². The van der Waals surface area contributed by atoms with Crippen molar-refractivity contribution < 1.29 is 9.90 Å². The summed E-state index contributed by atoms with van der Waals surface area (Å²) in [5.41, 5.74) is -0.136. The largest absolute Gasteiger partial charge is 0.481 e. The Bertz CT molecular complexity index is 241. The number of nitrogens with zero attached hydrogens (tertiary/aromatic N) is 1. The zero-order valence-corrected chi connectivity index (χ0v) is 7.79. The average Bonchev–Trinajstić information content (AvgIpc) is 1.82. The molecule has 3 heteroatoms. The second-order valence-corrected chi connectivity index (χ2v) is 4.53. The monoisotopic (exact) mass is 169 g/mol. The van der Waals surface area contributed by atoms with E-state index >= 15 is 0 Å². The van der Waals surface area contributed by atoms with E-state index in [9.17, 15) is 4.79 Å². The number of carboxylic acids is 1. The molecule has 3 fully saturated rings. The van der Waals surface area contributed by atoms with Gasteiger partial charge in [0.15, 0.2) is 0 Å². The van der Waals surface area contributed by atoms with Gasteiger partial charge in [0.1, 0.15) is 0 Å². The highest BCUT2D eigenvalue weighted by atomic mass is 16.4. The van der Waals surface area contributed by atoms with Gasteiger partial charge in [0.05, 0.1) is 5.41 Å². The Morgan fingerprint density at radius 3 is 2.25 bits per heavy atom. The van der Waals surface area contributed by atoms with Crippen LogP contribution in [-0.2, 0) is 4.79 Å². The molecule has 3 nitrogen and oxygen atoms in total. The van der Waals surface area contributed by atoms with Crippen LogP contribution in [0.15, 0.2) is 0 Å². The highest BCUT2D eigenvalue weighted by molar-refractivity contribution is 5.81. The van der Waals surface area contributed by atoms with E-state index < -0.39 is 5.97 Å². The molecule has 68 valence electrons. The van der Waals surface area contributed by atoms with Crippen LogP contribution in [0.3, 0.4) is 0 Å². The fourth-order valence-corrected chi connectivity index (χ4v) is 2.95. The summed E-state index contributed by atoms with van der Waals surface area (Å²) < 4.78 is 0. The number of hydrogen-bond acceptors (Lipinski definition) is 2. The Kier molecular flexibility index (Phi) is 1.24. The summed E-state index contributed by atoms with van der Waals surface area (Å²) in [7, 11) is 4.09. The second kappa shape index (κ2) is 1.84. The molecule has 1 N–H and O–H groups in total. The van der Waals surface area contributed by atoms with Gasteiger partial charge in [0.2, 0.25) is 0 Å². The number of carbonyl (C=O) groups is 1. The van der Waals surface area contributed by atoms with Crippen molar-refractivity contribution in [2.24, 2.45) is 11.3 Å². The molecule has 12 heavy (non-hydrogen) atoms. The van der Waals surface area contributed by atoms with Crippen molar-refractivity contribution in [2.45, 2.75) is 25.3 Å². The lowest BCUT2D eigenvalue weighted by Crippen LogP contribution is -2.81. The fraction of sp³-hybridized carbons (Fsp3) is 0.889. The molecule has 0 heterocycles. The maximum atomic E-state index is 10.9. The average molecular weight is 169 g/mol. The summed E-state index contributed by atoms with van der Waals surface area (Å²) >= 11 is 0. The van der Waals surface area contributed by atoms with E-state index in [1.807, 2.05) is 14.1 Å². The maximum Gasteiger partial charge on any atom is 0.310 e. The Labute approximate surface area is 72.4 Å². The molecule has 0 aromatic rings. The van der Waals surface area contributed by atoms with E-state index in [-0.39, 0.29) is 11.0 Å². The number of hydrogen-bond donors (Lipinski definition) is 1. The van der Waals surface area contributed by atoms with Crippen LogP contribution in [0, 0.1) is 11.3 Å². The topological polar surface area (TPSA) is 40.5 Å². The SMILES string of the molecule is CC1C2(C(=O)O)CC1(N(C)C)C2. The molecule has 2 bridgehead atoms. The zero-order valence-electron chi connectivity index (χ0n) is 7.79. The van der Waals surface area contributed by atoms with E-state index in [1.165, 1.54) is 0 Å². The molecular weight excluding hydrogens is 154 g/mol. The highest BCUT2D eigenvalue weighted by Crippen LogP contribution is 2.73. The first-order chi connectivity index (χ1) is 5.46. The van der Waals surface area contributed by atoms with Crippen molar-refractivity contribution in [2.75, 3.05) is 14.1 Å². The van der Waals surface area contributed by atoms with Crippen LogP contribution in [0.1, 0.15) is 19.8 Å². The van der Waals surface area contributed by atoms with Crippen molar-refractivity contribution >= 4 is 5.97 Å². The molecule has 0 amide bonds. The molecule has 1 atom stereocenters. The predicted octanol–water partition coefficient (Wildman–Crippen LogP) is 0.801. The molecule has 0 aromatic carbocycles. The first-order valence-electron chi connectivity index (χ1n) is 4.36. The number of rotatable bonds is 2. The van der Waals surface area contributed by atoms with E-state index in [0.717, 1.165) is 12.8 Å². The zero-order chi connectivity index (χ0) is 9.15. The molecule has 0 spiro atoms. The third-order valence-electron chi connectivity index (χ3n) is 4.19. The molecule has 3 rings (SSSR count). The lowest BCUT2D eigenvalue weighted by molar-refractivity contribution is -0.265. The summed E-state index contributed by atoms with van der Waals surface area (Å²) in [4.78, 5) is 13.1. The summed E-state index contributed by atoms with van der Waals surface area (Å²) in [6.45, 7) is 2.06. The van der Waals surface area contributed by atoms with Gasteiger partial charge in [0.25, 0.3) is 0 Å². The number of aliphatic carboxylic acids is 1. The van der Waals surface area contributed by atoms with Crippen LogP contribution in [0.5, 0.6) is 0 Å². The van der Waals surface area contributed by atoms with Crippen molar-refractivity contribution in [1.82, 2.24) is 4.90 Å². The Balaban J connectivity index is 2.16. The highest BCUT2D eigenvalue weighted by Gasteiger charge is 2.78. The van der Waals surface area contributed by atoms with E-state index in [1.54, 1.807) is 0 Å². The van der Waals surface area contributed by atoms with Gasteiger partial charge in [-0.2, -0.15) is 0 Å².